The molecule has 1 aliphatic heterocycles. The van der Waals surface area contributed by atoms with Crippen LogP contribution in [0.2, 0.25) is 0 Å². The molecule has 1 N–H and O–H groups in total. The maximum Gasteiger partial charge on any atom is 0.0982 e. The Morgan fingerprint density at radius 2 is 2.05 bits per heavy atom. The van der Waals surface area contributed by atoms with Crippen molar-refractivity contribution < 1.29 is 0 Å². The molecule has 0 aliphatic carbocycles. The first-order valence-electron chi connectivity index (χ1n) is 7.83. The molecule has 1 aromatic heterocycles. The Morgan fingerprint density at radius 1 is 1.35 bits per heavy atom. The quantitative estimate of drug-likeness (QED) is 0.845. The summed E-state index contributed by atoms with van der Waals surface area (Å²) in [6, 6.07) is 0. The van der Waals surface area contributed by atoms with E-state index in [1.54, 1.807) is 11.3 Å². The Balaban J connectivity index is 1.65. The maximum atomic E-state index is 4.72. The van der Waals surface area contributed by atoms with Gasteiger partial charge in [-0.15, -0.1) is 11.3 Å². The van der Waals surface area contributed by atoms with Gasteiger partial charge in [0.25, 0.3) is 0 Å². The zero-order valence-electron chi connectivity index (χ0n) is 13.4. The van der Waals surface area contributed by atoms with Crippen LogP contribution in [0.3, 0.4) is 0 Å². The molecule has 0 radical (unpaired) electrons. The molecule has 0 bridgehead atoms. The molecule has 1 aliphatic rings. The number of piperidine rings is 1. The van der Waals surface area contributed by atoms with Gasteiger partial charge in [-0.2, -0.15) is 0 Å². The summed E-state index contributed by atoms with van der Waals surface area (Å²) < 4.78 is 0. The largest absolute Gasteiger partial charge is 0.310 e. The van der Waals surface area contributed by atoms with E-state index in [-0.39, 0.29) is 5.41 Å². The Labute approximate surface area is 127 Å². The lowest BCUT2D eigenvalue weighted by molar-refractivity contribution is 0.193. The van der Waals surface area contributed by atoms with Gasteiger partial charge >= 0.3 is 0 Å². The number of thiazole rings is 1. The predicted octanol–water partition coefficient (Wildman–Crippen LogP) is 3.26. The fourth-order valence-corrected chi connectivity index (χ4v) is 3.38. The monoisotopic (exact) mass is 295 g/mol. The van der Waals surface area contributed by atoms with Gasteiger partial charge in [-0.25, -0.2) is 4.98 Å². The van der Waals surface area contributed by atoms with Crippen molar-refractivity contribution in [2.24, 2.45) is 5.92 Å². The molecule has 3 nitrogen and oxygen atoms in total. The van der Waals surface area contributed by atoms with Crippen molar-refractivity contribution in [1.29, 1.82) is 0 Å². The second kappa shape index (κ2) is 7.01. The van der Waals surface area contributed by atoms with Gasteiger partial charge in [0.2, 0.25) is 0 Å². The fourth-order valence-electron chi connectivity index (χ4n) is 2.47. The highest BCUT2D eigenvalue weighted by Crippen LogP contribution is 2.25. The number of rotatable bonds is 5. The average Bonchev–Trinajstić information content (AvgIpc) is 2.85. The topological polar surface area (TPSA) is 28.2 Å². The van der Waals surface area contributed by atoms with E-state index in [9.17, 15) is 0 Å². The first-order chi connectivity index (χ1) is 9.45. The summed E-state index contributed by atoms with van der Waals surface area (Å²) in [7, 11) is 0. The van der Waals surface area contributed by atoms with Gasteiger partial charge in [0.05, 0.1) is 10.7 Å². The van der Waals surface area contributed by atoms with Gasteiger partial charge in [-0.05, 0) is 31.8 Å². The summed E-state index contributed by atoms with van der Waals surface area (Å²) in [6.07, 6.45) is 2.72. The molecule has 0 saturated carbocycles. The van der Waals surface area contributed by atoms with E-state index < -0.39 is 0 Å². The minimum absolute atomic E-state index is 0.174. The molecule has 0 spiro atoms. The minimum Gasteiger partial charge on any atom is -0.310 e. The van der Waals surface area contributed by atoms with E-state index in [0.717, 1.165) is 19.0 Å². The SMILES string of the molecule is CC1CCN(CCNCc2csc(C(C)(C)C)n2)CC1. The van der Waals surface area contributed by atoms with Crippen LogP contribution in [0.5, 0.6) is 0 Å². The van der Waals surface area contributed by atoms with E-state index in [4.69, 9.17) is 4.98 Å². The third-order valence-electron chi connectivity index (χ3n) is 3.98. The van der Waals surface area contributed by atoms with Crippen molar-refractivity contribution in [3.8, 4) is 0 Å². The fraction of sp³-hybridized carbons (Fsp3) is 0.812. The second-order valence-electron chi connectivity index (χ2n) is 7.09. The van der Waals surface area contributed by atoms with Crippen LogP contribution in [0.1, 0.15) is 51.2 Å². The highest BCUT2D eigenvalue weighted by molar-refractivity contribution is 7.09. The zero-order valence-corrected chi connectivity index (χ0v) is 14.2. The number of nitrogens with one attached hydrogen (secondary N) is 1. The van der Waals surface area contributed by atoms with Crippen LogP contribution in [0.4, 0.5) is 0 Å². The lowest BCUT2D eigenvalue weighted by atomic mass is 9.98. The summed E-state index contributed by atoms with van der Waals surface area (Å²) in [5, 5.41) is 6.95. The first-order valence-corrected chi connectivity index (χ1v) is 8.71. The van der Waals surface area contributed by atoms with E-state index in [0.29, 0.717) is 0 Å². The molecule has 0 amide bonds. The van der Waals surface area contributed by atoms with Gasteiger partial charge in [-0.1, -0.05) is 27.7 Å². The number of likely N-dealkylation sites (tertiary alicyclic amines) is 1. The van der Waals surface area contributed by atoms with Gasteiger partial charge in [0, 0.05) is 30.4 Å². The van der Waals surface area contributed by atoms with Crippen molar-refractivity contribution in [2.45, 2.75) is 52.5 Å². The number of nitrogens with zero attached hydrogens (tertiary/aromatic N) is 2. The van der Waals surface area contributed by atoms with Crippen molar-refractivity contribution in [3.63, 3.8) is 0 Å². The summed E-state index contributed by atoms with van der Waals surface area (Å²) in [5.41, 5.74) is 1.36. The molecule has 2 rings (SSSR count). The minimum atomic E-state index is 0.174. The molecular formula is C16H29N3S. The first kappa shape index (κ1) is 15.9. The third-order valence-corrected chi connectivity index (χ3v) is 5.30. The van der Waals surface area contributed by atoms with Crippen LogP contribution in [-0.4, -0.2) is 36.1 Å². The van der Waals surface area contributed by atoms with E-state index in [2.05, 4.69) is 43.3 Å². The van der Waals surface area contributed by atoms with Crippen LogP contribution in [0, 0.1) is 5.92 Å². The molecule has 1 saturated heterocycles. The van der Waals surface area contributed by atoms with Crippen molar-refractivity contribution >= 4 is 11.3 Å². The molecule has 0 atom stereocenters. The van der Waals surface area contributed by atoms with Crippen molar-refractivity contribution in [3.05, 3.63) is 16.1 Å². The highest BCUT2D eigenvalue weighted by Gasteiger charge is 2.18. The molecule has 1 aromatic rings. The van der Waals surface area contributed by atoms with Crippen molar-refractivity contribution in [1.82, 2.24) is 15.2 Å². The lowest BCUT2D eigenvalue weighted by Crippen LogP contribution is -2.37. The van der Waals surface area contributed by atoms with E-state index in [1.807, 2.05) is 0 Å². The predicted molar refractivity (Wildman–Crippen MR) is 87.4 cm³/mol. The molecule has 0 unspecified atom stereocenters. The summed E-state index contributed by atoms with van der Waals surface area (Å²) in [6.45, 7) is 14.7. The summed E-state index contributed by atoms with van der Waals surface area (Å²) in [4.78, 5) is 7.30. The Bertz CT molecular complexity index is 400. The Hall–Kier alpha value is -0.450. The Morgan fingerprint density at radius 3 is 2.65 bits per heavy atom. The van der Waals surface area contributed by atoms with Crippen LogP contribution in [0.15, 0.2) is 5.38 Å². The average molecular weight is 295 g/mol. The molecule has 114 valence electrons. The van der Waals surface area contributed by atoms with Crippen LogP contribution < -0.4 is 5.32 Å². The highest BCUT2D eigenvalue weighted by atomic mass is 32.1. The molecule has 0 aromatic carbocycles. The molecule has 1 fully saturated rings. The number of hydrogen-bond acceptors (Lipinski definition) is 4. The standard InChI is InChI=1S/C16H29N3S/c1-13-5-8-19(9-6-13)10-7-17-11-14-12-20-15(18-14)16(2,3)4/h12-13,17H,5-11H2,1-4H3. The van der Waals surface area contributed by atoms with Crippen LogP contribution in [-0.2, 0) is 12.0 Å². The van der Waals surface area contributed by atoms with E-state index >= 15 is 0 Å². The van der Waals surface area contributed by atoms with Gasteiger partial charge in [-0.3, -0.25) is 0 Å². The molecule has 2 heterocycles. The van der Waals surface area contributed by atoms with Crippen LogP contribution >= 0.6 is 11.3 Å². The van der Waals surface area contributed by atoms with Gasteiger partial charge in [0.15, 0.2) is 0 Å². The smallest absolute Gasteiger partial charge is 0.0982 e. The third kappa shape index (κ3) is 4.83. The van der Waals surface area contributed by atoms with Gasteiger partial charge < -0.3 is 10.2 Å². The maximum absolute atomic E-state index is 4.72. The van der Waals surface area contributed by atoms with Crippen LogP contribution in [0.25, 0.3) is 0 Å². The normalized spacial score (nSPS) is 18.6. The summed E-state index contributed by atoms with van der Waals surface area (Å²) >= 11 is 1.78. The number of hydrogen-bond donors (Lipinski definition) is 1. The van der Waals surface area contributed by atoms with Gasteiger partial charge in [0.1, 0.15) is 0 Å². The number of aromatic nitrogens is 1. The zero-order chi connectivity index (χ0) is 14.6. The molecule has 20 heavy (non-hydrogen) atoms. The molecule has 4 heteroatoms. The second-order valence-corrected chi connectivity index (χ2v) is 7.95. The Kier molecular flexibility index (Phi) is 5.58. The van der Waals surface area contributed by atoms with Crippen molar-refractivity contribution in [2.75, 3.05) is 26.2 Å². The molecular weight excluding hydrogens is 266 g/mol. The summed E-state index contributed by atoms with van der Waals surface area (Å²) in [5.74, 6) is 0.921. The lowest BCUT2D eigenvalue weighted by Gasteiger charge is -2.30. The van der Waals surface area contributed by atoms with E-state index in [1.165, 1.54) is 43.2 Å².